The van der Waals surface area contributed by atoms with Crippen LogP contribution in [0.4, 0.5) is 0 Å². The molecule has 0 aromatic carbocycles. The molecule has 7 nitrogen and oxygen atoms in total. The summed E-state index contributed by atoms with van der Waals surface area (Å²) >= 11 is 0. The lowest BCUT2D eigenvalue weighted by atomic mass is 9.93. The van der Waals surface area contributed by atoms with Crippen LogP contribution in [0, 0.1) is 17.8 Å². The average molecular weight is 822 g/mol. The van der Waals surface area contributed by atoms with Gasteiger partial charge in [0.1, 0.15) is 0 Å². The van der Waals surface area contributed by atoms with Crippen molar-refractivity contribution in [3.63, 3.8) is 0 Å². The maximum absolute atomic E-state index is 12.4. The van der Waals surface area contributed by atoms with Crippen LogP contribution in [0.1, 0.15) is 253 Å². The third kappa shape index (κ3) is 37.5. The topological polar surface area (TPSA) is 82.1 Å². The number of nitrogens with zero attached hydrogens (tertiary/aromatic N) is 1. The molecule has 0 amide bonds. The summed E-state index contributed by atoms with van der Waals surface area (Å²) in [4.78, 5) is 39.5. The van der Waals surface area contributed by atoms with Gasteiger partial charge in [0.25, 0.3) is 0 Å². The van der Waals surface area contributed by atoms with Crippen molar-refractivity contribution >= 4 is 17.9 Å². The van der Waals surface area contributed by atoms with Crippen molar-refractivity contribution in [1.82, 2.24) is 4.90 Å². The molecule has 7 heteroatoms. The van der Waals surface area contributed by atoms with Gasteiger partial charge in [-0.05, 0) is 88.6 Å². The van der Waals surface area contributed by atoms with E-state index in [2.05, 4.69) is 46.4 Å². The largest absolute Gasteiger partial charge is 0.466 e. The van der Waals surface area contributed by atoms with E-state index in [-0.39, 0.29) is 17.9 Å². The molecular formula is C51H99NO6. The zero-order valence-electron chi connectivity index (χ0n) is 39.7. The fraction of sp³-hybridized carbons (Fsp3) is 0.941. The van der Waals surface area contributed by atoms with E-state index in [4.69, 9.17) is 14.2 Å². The van der Waals surface area contributed by atoms with Crippen LogP contribution < -0.4 is 0 Å². The zero-order valence-corrected chi connectivity index (χ0v) is 39.7. The number of rotatable bonds is 45. The first-order valence-electron chi connectivity index (χ1n) is 25.5. The lowest BCUT2D eigenvalue weighted by Crippen LogP contribution is -2.25. The third-order valence-electron chi connectivity index (χ3n) is 12.3. The van der Waals surface area contributed by atoms with Gasteiger partial charge in [-0.15, -0.1) is 0 Å². The first kappa shape index (κ1) is 56.5. The lowest BCUT2D eigenvalue weighted by Gasteiger charge is -2.19. The molecule has 0 aliphatic rings. The highest BCUT2D eigenvalue weighted by Gasteiger charge is 2.18. The molecule has 0 bridgehead atoms. The van der Waals surface area contributed by atoms with E-state index in [1.165, 1.54) is 103 Å². The number of hydrogen-bond acceptors (Lipinski definition) is 7. The van der Waals surface area contributed by atoms with Gasteiger partial charge in [0.05, 0.1) is 6.61 Å². The van der Waals surface area contributed by atoms with Gasteiger partial charge >= 0.3 is 17.9 Å². The van der Waals surface area contributed by atoms with Gasteiger partial charge in [-0.3, -0.25) is 14.4 Å². The predicted octanol–water partition coefficient (Wildman–Crippen LogP) is 14.8. The molecule has 344 valence electrons. The second-order valence-electron chi connectivity index (χ2n) is 17.7. The Balaban J connectivity index is 4.22. The number of carbonyl (C=O) groups excluding carboxylic acids is 3. The van der Waals surface area contributed by atoms with Crippen molar-refractivity contribution in [2.75, 3.05) is 39.5 Å². The summed E-state index contributed by atoms with van der Waals surface area (Å²) in [5.74, 6) is 0.863. The van der Waals surface area contributed by atoms with Crippen LogP contribution in [0.15, 0.2) is 0 Å². The van der Waals surface area contributed by atoms with Gasteiger partial charge in [0.15, 0.2) is 0 Å². The quantitative estimate of drug-likeness (QED) is 0.0344. The normalized spacial score (nSPS) is 12.2. The SMILES string of the molecule is CCCCC(CCCC)CC(=O)OCCCCCCCCCCC(CCCCCCCCCC(=O)OC(=O)CC(CCCC)CCCC)COCCCN(CC)CC. The van der Waals surface area contributed by atoms with Crippen LogP contribution in [0.25, 0.3) is 0 Å². The van der Waals surface area contributed by atoms with Crippen LogP contribution in [0.5, 0.6) is 0 Å². The summed E-state index contributed by atoms with van der Waals surface area (Å²) in [5, 5.41) is 0. The summed E-state index contributed by atoms with van der Waals surface area (Å²) < 4.78 is 17.0. The van der Waals surface area contributed by atoms with Crippen LogP contribution in [-0.2, 0) is 28.6 Å². The first-order chi connectivity index (χ1) is 28.3. The summed E-state index contributed by atoms with van der Waals surface area (Å²) in [7, 11) is 0. The van der Waals surface area contributed by atoms with Gasteiger partial charge in [-0.1, -0.05) is 176 Å². The molecule has 0 N–H and O–H groups in total. The third-order valence-corrected chi connectivity index (χ3v) is 12.3. The Labute approximate surface area is 361 Å². The van der Waals surface area contributed by atoms with Gasteiger partial charge in [-0.2, -0.15) is 0 Å². The lowest BCUT2D eigenvalue weighted by molar-refractivity contribution is -0.160. The number of hydrogen-bond donors (Lipinski definition) is 0. The van der Waals surface area contributed by atoms with Crippen molar-refractivity contribution in [3.8, 4) is 0 Å². The maximum atomic E-state index is 12.4. The number of esters is 3. The Morgan fingerprint density at radius 3 is 1.29 bits per heavy atom. The first-order valence-corrected chi connectivity index (χ1v) is 25.5. The maximum Gasteiger partial charge on any atom is 0.313 e. The molecule has 0 aromatic heterocycles. The van der Waals surface area contributed by atoms with E-state index in [9.17, 15) is 14.4 Å². The van der Waals surface area contributed by atoms with E-state index in [0.717, 1.165) is 123 Å². The van der Waals surface area contributed by atoms with E-state index in [1.54, 1.807) is 0 Å². The molecule has 0 aromatic rings. The highest BCUT2D eigenvalue weighted by atomic mass is 16.6. The van der Waals surface area contributed by atoms with Crippen molar-refractivity contribution in [2.24, 2.45) is 17.8 Å². The highest BCUT2D eigenvalue weighted by molar-refractivity contribution is 5.85. The van der Waals surface area contributed by atoms with Crippen LogP contribution >= 0.6 is 0 Å². The fourth-order valence-corrected chi connectivity index (χ4v) is 8.28. The highest BCUT2D eigenvalue weighted by Crippen LogP contribution is 2.23. The second-order valence-corrected chi connectivity index (χ2v) is 17.7. The summed E-state index contributed by atoms with van der Waals surface area (Å²) in [6.07, 6.45) is 36.7. The van der Waals surface area contributed by atoms with Gasteiger partial charge in [0, 0.05) is 39.0 Å². The summed E-state index contributed by atoms with van der Waals surface area (Å²) in [6.45, 7) is 19.0. The van der Waals surface area contributed by atoms with Gasteiger partial charge < -0.3 is 19.1 Å². The van der Waals surface area contributed by atoms with Crippen LogP contribution in [0.3, 0.4) is 0 Å². The molecule has 0 spiro atoms. The van der Waals surface area contributed by atoms with E-state index < -0.39 is 0 Å². The molecule has 0 rings (SSSR count). The number of unbranched alkanes of at least 4 members (excludes halogenated alkanes) is 17. The minimum Gasteiger partial charge on any atom is -0.466 e. The molecule has 1 unspecified atom stereocenters. The van der Waals surface area contributed by atoms with E-state index in [0.29, 0.717) is 43.6 Å². The standard InChI is InChI=1S/C51H99NO6/c1-7-13-33-46(34-14-8-2)43-50(54)57-42-31-27-23-18-17-20-24-28-37-48(45-56-41-32-40-52(11-5)12-6)38-29-25-21-19-22-26-30-39-49(53)58-51(55)44-47(35-15-9-3)36-16-10-4/h46-48H,7-45H2,1-6H3. The summed E-state index contributed by atoms with van der Waals surface area (Å²) in [5.41, 5.74) is 0. The molecule has 0 aliphatic heterocycles. The number of carbonyl (C=O) groups is 3. The Kier molecular flexibility index (Phi) is 42.5. The minimum absolute atomic E-state index is 0.0166. The van der Waals surface area contributed by atoms with E-state index in [1.807, 2.05) is 0 Å². The average Bonchev–Trinajstić information content (AvgIpc) is 3.21. The van der Waals surface area contributed by atoms with Crippen molar-refractivity contribution in [2.45, 2.75) is 253 Å². The predicted molar refractivity (Wildman–Crippen MR) is 246 cm³/mol. The Morgan fingerprint density at radius 2 is 0.828 bits per heavy atom. The minimum atomic E-state index is -0.341. The van der Waals surface area contributed by atoms with Gasteiger partial charge in [-0.25, -0.2) is 0 Å². The fourth-order valence-electron chi connectivity index (χ4n) is 8.28. The number of ether oxygens (including phenoxy) is 3. The zero-order chi connectivity index (χ0) is 42.7. The molecule has 58 heavy (non-hydrogen) atoms. The monoisotopic (exact) mass is 822 g/mol. The Hall–Kier alpha value is -1.47. The Bertz CT molecular complexity index is 891. The molecule has 0 saturated heterocycles. The van der Waals surface area contributed by atoms with Crippen LogP contribution in [-0.4, -0.2) is 62.3 Å². The Morgan fingerprint density at radius 1 is 0.414 bits per heavy atom. The molecule has 0 aliphatic carbocycles. The molecule has 0 radical (unpaired) electrons. The summed E-state index contributed by atoms with van der Waals surface area (Å²) in [6, 6.07) is 0. The molecular weight excluding hydrogens is 723 g/mol. The van der Waals surface area contributed by atoms with Crippen molar-refractivity contribution < 1.29 is 28.6 Å². The van der Waals surface area contributed by atoms with Gasteiger partial charge in [0.2, 0.25) is 0 Å². The van der Waals surface area contributed by atoms with Crippen molar-refractivity contribution in [3.05, 3.63) is 0 Å². The van der Waals surface area contributed by atoms with Crippen molar-refractivity contribution in [1.29, 1.82) is 0 Å². The molecule has 0 heterocycles. The molecule has 0 saturated carbocycles. The van der Waals surface area contributed by atoms with Crippen LogP contribution in [0.2, 0.25) is 0 Å². The molecule has 0 fully saturated rings. The van der Waals surface area contributed by atoms with E-state index >= 15 is 0 Å². The molecule has 1 atom stereocenters. The second kappa shape index (κ2) is 43.6. The smallest absolute Gasteiger partial charge is 0.313 e.